The molecular formula is C19H14F2N2O2S. The number of carbonyl (C=O) groups is 1. The average molecular weight is 372 g/mol. The highest BCUT2D eigenvalue weighted by molar-refractivity contribution is 7.21. The summed E-state index contributed by atoms with van der Waals surface area (Å²) in [5, 5.41) is 0.990. The number of alkyl halides is 2. The van der Waals surface area contributed by atoms with E-state index < -0.39 is 12.5 Å². The standard InChI is InChI=1S/C19H14F2N2O2S/c1-11-12-6-2-5-9-15(12)26-17(11)18(24)25-10-16-22-13-7-3-4-8-14(13)23(16)19(20)21/h2-9,19H,10H2,1H3. The first-order chi connectivity index (χ1) is 12.6. The molecule has 2 heterocycles. The Morgan fingerprint density at radius 2 is 1.92 bits per heavy atom. The zero-order chi connectivity index (χ0) is 18.3. The molecule has 4 nitrogen and oxygen atoms in total. The van der Waals surface area contributed by atoms with Gasteiger partial charge >= 0.3 is 12.5 Å². The molecule has 0 saturated heterocycles. The second-order valence-electron chi connectivity index (χ2n) is 5.79. The van der Waals surface area contributed by atoms with Crippen LogP contribution in [0.4, 0.5) is 8.78 Å². The summed E-state index contributed by atoms with van der Waals surface area (Å²) in [4.78, 5) is 17.1. The molecular weight excluding hydrogens is 358 g/mol. The van der Waals surface area contributed by atoms with E-state index in [-0.39, 0.29) is 12.4 Å². The first kappa shape index (κ1) is 16.7. The van der Waals surface area contributed by atoms with Crippen molar-refractivity contribution in [3.05, 3.63) is 64.8 Å². The zero-order valence-electron chi connectivity index (χ0n) is 13.8. The van der Waals surface area contributed by atoms with Gasteiger partial charge < -0.3 is 4.74 Å². The average Bonchev–Trinajstić information content (AvgIpc) is 3.18. The highest BCUT2D eigenvalue weighted by Crippen LogP contribution is 2.31. The van der Waals surface area contributed by atoms with E-state index >= 15 is 0 Å². The molecule has 4 rings (SSSR count). The Balaban J connectivity index is 1.62. The van der Waals surface area contributed by atoms with Gasteiger partial charge in [-0.15, -0.1) is 11.3 Å². The quantitative estimate of drug-likeness (QED) is 0.456. The predicted molar refractivity (Wildman–Crippen MR) is 96.7 cm³/mol. The molecule has 2 aromatic heterocycles. The van der Waals surface area contributed by atoms with Gasteiger partial charge in [-0.2, -0.15) is 8.78 Å². The molecule has 0 radical (unpaired) electrons. The van der Waals surface area contributed by atoms with Crippen molar-refractivity contribution in [2.24, 2.45) is 0 Å². The van der Waals surface area contributed by atoms with Gasteiger partial charge in [0.1, 0.15) is 11.5 Å². The third kappa shape index (κ3) is 2.74. The van der Waals surface area contributed by atoms with Crippen LogP contribution >= 0.6 is 11.3 Å². The molecule has 0 atom stereocenters. The molecule has 0 unspecified atom stereocenters. The SMILES string of the molecule is Cc1c(C(=O)OCc2nc3ccccc3n2C(F)F)sc2ccccc12. The van der Waals surface area contributed by atoms with Gasteiger partial charge in [0.15, 0.2) is 5.82 Å². The van der Waals surface area contributed by atoms with Crippen LogP contribution in [0.15, 0.2) is 48.5 Å². The van der Waals surface area contributed by atoms with Crippen LogP contribution in [-0.4, -0.2) is 15.5 Å². The van der Waals surface area contributed by atoms with E-state index in [2.05, 4.69) is 4.98 Å². The number of hydrogen-bond acceptors (Lipinski definition) is 4. The number of aromatic nitrogens is 2. The van der Waals surface area contributed by atoms with Gasteiger partial charge in [0.25, 0.3) is 0 Å². The van der Waals surface area contributed by atoms with Crippen LogP contribution in [0.2, 0.25) is 0 Å². The number of aryl methyl sites for hydroxylation is 1. The minimum Gasteiger partial charge on any atom is -0.453 e. The topological polar surface area (TPSA) is 44.1 Å². The number of para-hydroxylation sites is 2. The molecule has 0 saturated carbocycles. The molecule has 4 aromatic rings. The fourth-order valence-corrected chi connectivity index (χ4v) is 4.08. The Bertz CT molecular complexity index is 1120. The van der Waals surface area contributed by atoms with E-state index in [0.717, 1.165) is 20.2 Å². The minimum atomic E-state index is -2.76. The molecule has 0 aliphatic carbocycles. The number of benzene rings is 2. The van der Waals surface area contributed by atoms with Gasteiger partial charge in [-0.1, -0.05) is 30.3 Å². The number of fused-ring (bicyclic) bond motifs is 2. The molecule has 0 amide bonds. The van der Waals surface area contributed by atoms with Gasteiger partial charge in [-0.25, -0.2) is 9.78 Å². The van der Waals surface area contributed by atoms with Gasteiger partial charge in [0.05, 0.1) is 11.0 Å². The summed E-state index contributed by atoms with van der Waals surface area (Å²) in [6.07, 6.45) is 0. The van der Waals surface area contributed by atoms with Crippen LogP contribution in [0.3, 0.4) is 0 Å². The van der Waals surface area contributed by atoms with Crippen molar-refractivity contribution in [3.8, 4) is 0 Å². The fraction of sp³-hybridized carbons (Fsp3) is 0.158. The van der Waals surface area contributed by atoms with Crippen LogP contribution in [0.5, 0.6) is 0 Å². The number of halogens is 2. The number of nitrogens with zero attached hydrogens (tertiary/aromatic N) is 2. The molecule has 132 valence electrons. The van der Waals surface area contributed by atoms with E-state index in [0.29, 0.717) is 15.9 Å². The Hall–Kier alpha value is -2.80. The van der Waals surface area contributed by atoms with Gasteiger partial charge in [0.2, 0.25) is 0 Å². The van der Waals surface area contributed by atoms with Crippen molar-refractivity contribution in [1.29, 1.82) is 0 Å². The first-order valence-electron chi connectivity index (χ1n) is 7.95. The third-order valence-electron chi connectivity index (χ3n) is 4.23. The van der Waals surface area contributed by atoms with E-state index in [1.165, 1.54) is 11.3 Å². The maximum absolute atomic E-state index is 13.4. The second-order valence-corrected chi connectivity index (χ2v) is 6.85. The summed E-state index contributed by atoms with van der Waals surface area (Å²) in [6, 6.07) is 14.3. The van der Waals surface area contributed by atoms with Gasteiger partial charge in [-0.3, -0.25) is 4.57 Å². The third-order valence-corrected chi connectivity index (χ3v) is 5.48. The number of hydrogen-bond donors (Lipinski definition) is 0. The molecule has 0 bridgehead atoms. The summed E-state index contributed by atoms with van der Waals surface area (Å²) in [7, 11) is 0. The van der Waals surface area contributed by atoms with E-state index in [1.807, 2.05) is 31.2 Å². The summed E-state index contributed by atoms with van der Waals surface area (Å²) in [5.41, 5.74) is 1.58. The number of esters is 1. The first-order valence-corrected chi connectivity index (χ1v) is 8.77. The summed E-state index contributed by atoms with van der Waals surface area (Å²) in [5.74, 6) is -0.509. The highest BCUT2D eigenvalue weighted by Gasteiger charge is 2.21. The van der Waals surface area contributed by atoms with E-state index in [4.69, 9.17) is 4.74 Å². The number of carbonyl (C=O) groups excluding carboxylic acids is 1. The zero-order valence-corrected chi connectivity index (χ0v) is 14.6. The second kappa shape index (κ2) is 6.49. The molecule has 0 aliphatic heterocycles. The fourth-order valence-electron chi connectivity index (χ4n) is 2.98. The Morgan fingerprint density at radius 1 is 1.19 bits per heavy atom. The van der Waals surface area contributed by atoms with Gasteiger partial charge in [-0.05, 0) is 36.1 Å². The molecule has 7 heteroatoms. The minimum absolute atomic E-state index is 0.0216. The summed E-state index contributed by atoms with van der Waals surface area (Å²) >= 11 is 1.33. The lowest BCUT2D eigenvalue weighted by atomic mass is 10.1. The lowest BCUT2D eigenvalue weighted by Gasteiger charge is -2.08. The van der Waals surface area contributed by atoms with Crippen molar-refractivity contribution in [1.82, 2.24) is 9.55 Å². The maximum atomic E-state index is 13.4. The molecule has 0 N–H and O–H groups in total. The number of rotatable bonds is 4. The van der Waals surface area contributed by atoms with Crippen molar-refractivity contribution < 1.29 is 18.3 Å². The number of imidazole rings is 1. The van der Waals surface area contributed by atoms with E-state index in [9.17, 15) is 13.6 Å². The van der Waals surface area contributed by atoms with Crippen molar-refractivity contribution in [2.75, 3.05) is 0 Å². The lowest BCUT2D eigenvalue weighted by Crippen LogP contribution is -2.10. The summed E-state index contributed by atoms with van der Waals surface area (Å²) < 4.78 is 33.9. The summed E-state index contributed by atoms with van der Waals surface area (Å²) in [6.45, 7) is -1.22. The van der Waals surface area contributed by atoms with Crippen LogP contribution in [0.25, 0.3) is 21.1 Å². The molecule has 2 aromatic carbocycles. The number of thiophene rings is 1. The van der Waals surface area contributed by atoms with Crippen LogP contribution in [0.1, 0.15) is 27.6 Å². The Kier molecular flexibility index (Phi) is 4.16. The van der Waals surface area contributed by atoms with Crippen molar-refractivity contribution in [3.63, 3.8) is 0 Å². The lowest BCUT2D eigenvalue weighted by molar-refractivity contribution is 0.0391. The van der Waals surface area contributed by atoms with Crippen LogP contribution < -0.4 is 0 Å². The normalized spacial score (nSPS) is 11.5. The monoisotopic (exact) mass is 372 g/mol. The maximum Gasteiger partial charge on any atom is 0.349 e. The van der Waals surface area contributed by atoms with E-state index in [1.54, 1.807) is 24.3 Å². The predicted octanol–water partition coefficient (Wildman–Crippen LogP) is 5.31. The van der Waals surface area contributed by atoms with Crippen LogP contribution in [0, 0.1) is 6.92 Å². The molecule has 0 fully saturated rings. The van der Waals surface area contributed by atoms with Gasteiger partial charge in [0, 0.05) is 4.70 Å². The molecule has 0 spiro atoms. The Morgan fingerprint density at radius 3 is 2.69 bits per heavy atom. The van der Waals surface area contributed by atoms with Crippen molar-refractivity contribution in [2.45, 2.75) is 20.1 Å². The largest absolute Gasteiger partial charge is 0.453 e. The molecule has 0 aliphatic rings. The van der Waals surface area contributed by atoms with Crippen LogP contribution in [-0.2, 0) is 11.3 Å². The Labute approximate surface area is 151 Å². The highest BCUT2D eigenvalue weighted by atomic mass is 32.1. The smallest absolute Gasteiger partial charge is 0.349 e. The van der Waals surface area contributed by atoms with Crippen molar-refractivity contribution >= 4 is 38.4 Å². The molecule has 26 heavy (non-hydrogen) atoms. The number of ether oxygens (including phenoxy) is 1.